The zero-order valence-corrected chi connectivity index (χ0v) is 14.4. The minimum atomic E-state index is 0.224. The van der Waals surface area contributed by atoms with Crippen molar-refractivity contribution in [3.05, 3.63) is 56.8 Å². The third kappa shape index (κ3) is 2.95. The van der Waals surface area contributed by atoms with Crippen LogP contribution in [0.3, 0.4) is 0 Å². The zero-order valence-electron chi connectivity index (χ0n) is 13.6. The quantitative estimate of drug-likeness (QED) is 0.820. The summed E-state index contributed by atoms with van der Waals surface area (Å²) >= 11 is 1.82. The predicted octanol–water partition coefficient (Wildman–Crippen LogP) is 4.44. The summed E-state index contributed by atoms with van der Waals surface area (Å²) < 4.78 is 0. The van der Waals surface area contributed by atoms with E-state index in [4.69, 9.17) is 0 Å². The van der Waals surface area contributed by atoms with Gasteiger partial charge in [0.05, 0.1) is 6.04 Å². The average Bonchev–Trinajstić information content (AvgIpc) is 2.96. The molecule has 3 rings (SSSR count). The van der Waals surface area contributed by atoms with E-state index in [1.54, 1.807) is 0 Å². The van der Waals surface area contributed by atoms with Gasteiger partial charge in [0.15, 0.2) is 0 Å². The van der Waals surface area contributed by atoms with E-state index in [1.807, 2.05) is 11.3 Å². The lowest BCUT2D eigenvalue weighted by Crippen LogP contribution is -2.38. The third-order valence-electron chi connectivity index (χ3n) is 4.70. The molecule has 2 nitrogen and oxygen atoms in total. The second kappa shape index (κ2) is 6.25. The van der Waals surface area contributed by atoms with Crippen LogP contribution in [0.1, 0.15) is 46.5 Å². The van der Waals surface area contributed by atoms with E-state index in [-0.39, 0.29) is 11.9 Å². The summed E-state index contributed by atoms with van der Waals surface area (Å²) in [7, 11) is 0. The molecule has 0 unspecified atom stereocenters. The fourth-order valence-electron chi connectivity index (χ4n) is 3.36. The Morgan fingerprint density at radius 2 is 2.14 bits per heavy atom. The molecule has 0 saturated heterocycles. The van der Waals surface area contributed by atoms with Gasteiger partial charge in [0.1, 0.15) is 0 Å². The van der Waals surface area contributed by atoms with Crippen molar-refractivity contribution in [1.29, 1.82) is 0 Å². The van der Waals surface area contributed by atoms with Crippen molar-refractivity contribution in [1.82, 2.24) is 4.90 Å². The highest BCUT2D eigenvalue weighted by atomic mass is 32.1. The Labute approximate surface area is 136 Å². The van der Waals surface area contributed by atoms with Crippen LogP contribution in [0.15, 0.2) is 29.6 Å². The third-order valence-corrected chi connectivity index (χ3v) is 5.70. The molecule has 1 amide bonds. The van der Waals surface area contributed by atoms with Gasteiger partial charge in [-0.25, -0.2) is 0 Å². The lowest BCUT2D eigenvalue weighted by atomic mass is 9.99. The highest BCUT2D eigenvalue weighted by molar-refractivity contribution is 7.10. The first-order chi connectivity index (χ1) is 10.6. The second-order valence-corrected chi connectivity index (χ2v) is 7.24. The van der Waals surface area contributed by atoms with Gasteiger partial charge in [-0.05, 0) is 61.7 Å². The van der Waals surface area contributed by atoms with Crippen LogP contribution >= 0.6 is 11.3 Å². The first-order valence-corrected chi connectivity index (χ1v) is 8.86. The Balaban J connectivity index is 1.65. The van der Waals surface area contributed by atoms with Crippen LogP contribution in [0.25, 0.3) is 0 Å². The van der Waals surface area contributed by atoms with Gasteiger partial charge in [0.25, 0.3) is 0 Å². The summed E-state index contributed by atoms with van der Waals surface area (Å²) in [6.45, 7) is 7.25. The molecule has 2 heterocycles. The number of hydrogen-bond acceptors (Lipinski definition) is 2. The van der Waals surface area contributed by atoms with Crippen LogP contribution in [0, 0.1) is 13.8 Å². The number of benzene rings is 1. The molecule has 0 radical (unpaired) electrons. The molecule has 1 aromatic heterocycles. The topological polar surface area (TPSA) is 20.3 Å². The number of thiophene rings is 1. The lowest BCUT2D eigenvalue weighted by molar-refractivity contribution is -0.133. The van der Waals surface area contributed by atoms with E-state index < -0.39 is 0 Å². The summed E-state index contributed by atoms with van der Waals surface area (Å²) in [6.07, 6.45) is 2.45. The number of fused-ring (bicyclic) bond motifs is 1. The minimum Gasteiger partial charge on any atom is -0.336 e. The maximum Gasteiger partial charge on any atom is 0.223 e. The van der Waals surface area contributed by atoms with Gasteiger partial charge in [-0.3, -0.25) is 4.79 Å². The molecule has 116 valence electrons. The van der Waals surface area contributed by atoms with Crippen molar-refractivity contribution in [2.24, 2.45) is 0 Å². The summed E-state index contributed by atoms with van der Waals surface area (Å²) in [5.74, 6) is 0.282. The maximum atomic E-state index is 12.6. The van der Waals surface area contributed by atoms with Crippen LogP contribution in [-0.2, 0) is 17.6 Å². The van der Waals surface area contributed by atoms with Gasteiger partial charge in [-0.15, -0.1) is 11.3 Å². The standard InChI is InChI=1S/C19H23NOS/c1-13-4-5-16(14(2)12-13)6-7-19(21)20-10-8-18-17(15(20)3)9-11-22-18/h4-5,9,11-12,15H,6-8,10H2,1-3H3/t15-/m1/s1. The van der Waals surface area contributed by atoms with Gasteiger partial charge >= 0.3 is 0 Å². The van der Waals surface area contributed by atoms with E-state index in [9.17, 15) is 4.79 Å². The van der Waals surface area contributed by atoms with Gasteiger partial charge in [0, 0.05) is 17.8 Å². The number of rotatable bonds is 3. The fourth-order valence-corrected chi connectivity index (χ4v) is 4.32. The smallest absolute Gasteiger partial charge is 0.223 e. The number of amides is 1. The summed E-state index contributed by atoms with van der Waals surface area (Å²) in [4.78, 5) is 16.1. The minimum absolute atomic E-state index is 0.224. The lowest BCUT2D eigenvalue weighted by Gasteiger charge is -2.33. The normalized spacial score (nSPS) is 17.4. The monoisotopic (exact) mass is 313 g/mol. The molecule has 0 aliphatic carbocycles. The Morgan fingerprint density at radius 3 is 2.91 bits per heavy atom. The van der Waals surface area contributed by atoms with E-state index in [2.05, 4.69) is 55.3 Å². The molecule has 22 heavy (non-hydrogen) atoms. The molecular formula is C19H23NOS. The van der Waals surface area contributed by atoms with Crippen molar-refractivity contribution >= 4 is 17.2 Å². The summed E-state index contributed by atoms with van der Waals surface area (Å²) in [6, 6.07) is 8.89. The molecule has 1 atom stereocenters. The number of hydrogen-bond donors (Lipinski definition) is 0. The van der Waals surface area contributed by atoms with Gasteiger partial charge in [-0.2, -0.15) is 0 Å². The maximum absolute atomic E-state index is 12.6. The molecule has 1 aliphatic rings. The summed E-state index contributed by atoms with van der Waals surface area (Å²) in [5.41, 5.74) is 5.21. The van der Waals surface area contributed by atoms with Crippen LogP contribution in [0.5, 0.6) is 0 Å². The van der Waals surface area contributed by atoms with Gasteiger partial charge < -0.3 is 4.90 Å². The fraction of sp³-hybridized carbons (Fsp3) is 0.421. The molecule has 0 saturated carbocycles. The average molecular weight is 313 g/mol. The molecule has 0 N–H and O–H groups in total. The van der Waals surface area contributed by atoms with Crippen molar-refractivity contribution in [2.75, 3.05) is 6.54 Å². The Morgan fingerprint density at radius 1 is 1.32 bits per heavy atom. The molecular weight excluding hydrogens is 290 g/mol. The van der Waals surface area contributed by atoms with Crippen molar-refractivity contribution < 1.29 is 4.79 Å². The Bertz CT molecular complexity index is 688. The molecule has 3 heteroatoms. The first kappa shape index (κ1) is 15.3. The number of carbonyl (C=O) groups is 1. The molecule has 2 aromatic rings. The van der Waals surface area contributed by atoms with Gasteiger partial charge in [0.2, 0.25) is 5.91 Å². The zero-order chi connectivity index (χ0) is 15.7. The highest BCUT2D eigenvalue weighted by Gasteiger charge is 2.27. The molecule has 0 spiro atoms. The van der Waals surface area contributed by atoms with E-state index in [1.165, 1.54) is 27.1 Å². The molecule has 1 aromatic carbocycles. The van der Waals surface area contributed by atoms with E-state index in [0.29, 0.717) is 6.42 Å². The highest BCUT2D eigenvalue weighted by Crippen LogP contribution is 2.33. The van der Waals surface area contributed by atoms with Crippen molar-refractivity contribution in [3.63, 3.8) is 0 Å². The van der Waals surface area contributed by atoms with E-state index in [0.717, 1.165) is 19.4 Å². The Kier molecular flexibility index (Phi) is 4.34. The number of nitrogens with zero attached hydrogens (tertiary/aromatic N) is 1. The molecule has 0 fully saturated rings. The Hall–Kier alpha value is -1.61. The predicted molar refractivity (Wildman–Crippen MR) is 92.4 cm³/mol. The van der Waals surface area contributed by atoms with Gasteiger partial charge in [-0.1, -0.05) is 23.8 Å². The number of carbonyl (C=O) groups excluding carboxylic acids is 1. The van der Waals surface area contributed by atoms with Crippen LogP contribution in [0.4, 0.5) is 0 Å². The van der Waals surface area contributed by atoms with Crippen LogP contribution in [0.2, 0.25) is 0 Å². The van der Waals surface area contributed by atoms with Crippen LogP contribution in [-0.4, -0.2) is 17.4 Å². The van der Waals surface area contributed by atoms with E-state index >= 15 is 0 Å². The summed E-state index contributed by atoms with van der Waals surface area (Å²) in [5, 5.41) is 2.14. The van der Waals surface area contributed by atoms with Crippen LogP contribution < -0.4 is 0 Å². The second-order valence-electron chi connectivity index (χ2n) is 6.24. The molecule has 0 bridgehead atoms. The number of aryl methyl sites for hydroxylation is 3. The van der Waals surface area contributed by atoms with Crippen molar-refractivity contribution in [2.45, 2.75) is 46.1 Å². The SMILES string of the molecule is Cc1ccc(CCC(=O)N2CCc3sccc3[C@H]2C)c(C)c1. The first-order valence-electron chi connectivity index (χ1n) is 7.98. The van der Waals surface area contributed by atoms with Crippen molar-refractivity contribution in [3.8, 4) is 0 Å². The molecule has 1 aliphatic heterocycles. The largest absolute Gasteiger partial charge is 0.336 e.